The molecular weight excluding hydrogens is 370 g/mol. The number of fused-ring (bicyclic) bond motifs is 1. The summed E-state index contributed by atoms with van der Waals surface area (Å²) in [6.07, 6.45) is 8.80. The van der Waals surface area contributed by atoms with E-state index in [1.54, 1.807) is 23.3 Å². The minimum absolute atomic E-state index is 0.0280. The van der Waals surface area contributed by atoms with Gasteiger partial charge in [-0.05, 0) is 24.1 Å². The molecule has 5 rings (SSSR count). The summed E-state index contributed by atoms with van der Waals surface area (Å²) in [4.78, 5) is 22.5. The summed E-state index contributed by atoms with van der Waals surface area (Å²) >= 11 is 0. The number of morpholine rings is 1. The van der Waals surface area contributed by atoms with Crippen LogP contribution in [-0.2, 0) is 22.6 Å². The molecule has 0 aliphatic carbocycles. The molecule has 2 aromatic heterocycles. The average molecular weight is 391 g/mol. The van der Waals surface area contributed by atoms with Crippen molar-refractivity contribution in [1.82, 2.24) is 24.6 Å². The van der Waals surface area contributed by atoms with Gasteiger partial charge in [-0.15, -0.1) is 0 Å². The number of esters is 1. The van der Waals surface area contributed by atoms with Crippen LogP contribution < -0.4 is 0 Å². The Morgan fingerprint density at radius 2 is 2.17 bits per heavy atom. The van der Waals surface area contributed by atoms with E-state index in [0.717, 1.165) is 41.9 Å². The molecule has 1 fully saturated rings. The van der Waals surface area contributed by atoms with Crippen LogP contribution in [0.15, 0.2) is 43.1 Å². The van der Waals surface area contributed by atoms with Crippen molar-refractivity contribution in [2.75, 3.05) is 19.7 Å². The fraction of sp³-hybridized carbons (Fsp3) is 0.333. The Morgan fingerprint density at radius 1 is 1.24 bits per heavy atom. The van der Waals surface area contributed by atoms with Gasteiger partial charge in [0.1, 0.15) is 6.61 Å². The van der Waals surface area contributed by atoms with Crippen LogP contribution in [0.5, 0.6) is 0 Å². The summed E-state index contributed by atoms with van der Waals surface area (Å²) < 4.78 is 13.0. The zero-order chi connectivity index (χ0) is 19.8. The van der Waals surface area contributed by atoms with Crippen molar-refractivity contribution in [3.63, 3.8) is 0 Å². The van der Waals surface area contributed by atoms with E-state index < -0.39 is 0 Å². The third-order valence-corrected chi connectivity index (χ3v) is 5.53. The molecular formula is C21H21N5O3. The maximum Gasteiger partial charge on any atom is 0.338 e. The summed E-state index contributed by atoms with van der Waals surface area (Å²) in [6, 6.07) is 3.86. The van der Waals surface area contributed by atoms with E-state index in [0.29, 0.717) is 24.6 Å². The minimum Gasteiger partial charge on any atom is -0.457 e. The number of nitrogens with zero attached hydrogens (tertiary/aromatic N) is 5. The molecule has 1 saturated heterocycles. The second kappa shape index (κ2) is 7.38. The molecule has 1 atom stereocenters. The predicted molar refractivity (Wildman–Crippen MR) is 103 cm³/mol. The summed E-state index contributed by atoms with van der Waals surface area (Å²) in [6.45, 7) is 5.49. The highest BCUT2D eigenvalue weighted by atomic mass is 16.5. The number of hydrogen-bond donors (Lipinski definition) is 0. The Morgan fingerprint density at radius 3 is 3.03 bits per heavy atom. The van der Waals surface area contributed by atoms with Gasteiger partial charge in [0.2, 0.25) is 0 Å². The molecule has 0 N–H and O–H groups in total. The van der Waals surface area contributed by atoms with Crippen molar-refractivity contribution in [3.05, 3.63) is 70.9 Å². The molecule has 0 saturated carbocycles. The molecule has 0 radical (unpaired) electrons. The second-order valence-corrected chi connectivity index (χ2v) is 7.33. The molecule has 0 bridgehead atoms. The SMILES string of the molecule is Cc1c(C2CN(Cc3cnn(-c4cnccn4)c3)CCO2)ccc2c1COC2=O. The maximum absolute atomic E-state index is 11.8. The molecule has 3 aromatic rings. The van der Waals surface area contributed by atoms with Crippen molar-refractivity contribution < 1.29 is 14.3 Å². The van der Waals surface area contributed by atoms with Gasteiger partial charge in [-0.3, -0.25) is 9.88 Å². The lowest BCUT2D eigenvalue weighted by atomic mass is 9.94. The van der Waals surface area contributed by atoms with Gasteiger partial charge in [0.05, 0.1) is 30.7 Å². The highest BCUT2D eigenvalue weighted by Crippen LogP contribution is 2.32. The van der Waals surface area contributed by atoms with E-state index in [2.05, 4.69) is 20.0 Å². The van der Waals surface area contributed by atoms with Crippen molar-refractivity contribution in [2.24, 2.45) is 0 Å². The largest absolute Gasteiger partial charge is 0.457 e. The smallest absolute Gasteiger partial charge is 0.338 e. The molecule has 0 amide bonds. The average Bonchev–Trinajstić information content (AvgIpc) is 3.37. The molecule has 8 nitrogen and oxygen atoms in total. The Balaban J connectivity index is 1.31. The minimum atomic E-state index is -0.235. The van der Waals surface area contributed by atoms with Crippen LogP contribution >= 0.6 is 0 Å². The van der Waals surface area contributed by atoms with Crippen LogP contribution in [-0.4, -0.2) is 50.3 Å². The van der Waals surface area contributed by atoms with Crippen LogP contribution in [0.1, 0.15) is 38.7 Å². The van der Waals surface area contributed by atoms with Crippen molar-refractivity contribution in [2.45, 2.75) is 26.2 Å². The molecule has 0 spiro atoms. The fourth-order valence-electron chi connectivity index (χ4n) is 3.99. The standard InChI is InChI=1S/C21H21N5O3/c1-14-16(2-3-17-18(14)13-29-21(17)27)19-12-25(6-7-28-19)10-15-8-24-26(11-15)20-9-22-4-5-23-20/h2-5,8-9,11,19H,6-7,10,12-13H2,1H3. The van der Waals surface area contributed by atoms with Crippen LogP contribution in [0.3, 0.4) is 0 Å². The second-order valence-electron chi connectivity index (χ2n) is 7.33. The number of rotatable bonds is 4. The molecule has 4 heterocycles. The number of carbonyl (C=O) groups is 1. The van der Waals surface area contributed by atoms with E-state index in [-0.39, 0.29) is 12.1 Å². The van der Waals surface area contributed by atoms with Crippen LogP contribution in [0, 0.1) is 6.92 Å². The lowest BCUT2D eigenvalue weighted by Crippen LogP contribution is -2.38. The van der Waals surface area contributed by atoms with Crippen LogP contribution in [0.2, 0.25) is 0 Å². The molecule has 1 unspecified atom stereocenters. The van der Waals surface area contributed by atoms with E-state index in [4.69, 9.17) is 9.47 Å². The van der Waals surface area contributed by atoms with Crippen LogP contribution in [0.4, 0.5) is 0 Å². The number of benzene rings is 1. The van der Waals surface area contributed by atoms with Gasteiger partial charge in [-0.2, -0.15) is 5.10 Å². The molecule has 148 valence electrons. The summed E-state index contributed by atoms with van der Waals surface area (Å²) in [7, 11) is 0. The maximum atomic E-state index is 11.8. The van der Waals surface area contributed by atoms with E-state index in [9.17, 15) is 4.79 Å². The molecule has 2 aliphatic heterocycles. The zero-order valence-electron chi connectivity index (χ0n) is 16.1. The van der Waals surface area contributed by atoms with E-state index in [1.165, 1.54) is 0 Å². The first-order valence-electron chi connectivity index (χ1n) is 9.62. The fourth-order valence-corrected chi connectivity index (χ4v) is 3.99. The third kappa shape index (κ3) is 3.41. The highest BCUT2D eigenvalue weighted by molar-refractivity contribution is 5.93. The normalized spacial score (nSPS) is 19.2. The van der Waals surface area contributed by atoms with Gasteiger partial charge in [-0.25, -0.2) is 14.5 Å². The zero-order valence-corrected chi connectivity index (χ0v) is 16.1. The lowest BCUT2D eigenvalue weighted by molar-refractivity contribution is -0.0332. The molecule has 2 aliphatic rings. The molecule has 29 heavy (non-hydrogen) atoms. The van der Waals surface area contributed by atoms with Gasteiger partial charge < -0.3 is 9.47 Å². The van der Waals surface area contributed by atoms with Gasteiger partial charge in [0, 0.05) is 49.4 Å². The highest BCUT2D eigenvalue weighted by Gasteiger charge is 2.29. The topological polar surface area (TPSA) is 82.4 Å². The number of hydrogen-bond acceptors (Lipinski definition) is 7. The Bertz CT molecular complexity index is 1050. The first kappa shape index (κ1) is 18.0. The Labute approximate surface area is 168 Å². The predicted octanol–water partition coefficient (Wildman–Crippen LogP) is 2.21. The van der Waals surface area contributed by atoms with Gasteiger partial charge >= 0.3 is 5.97 Å². The van der Waals surface area contributed by atoms with Gasteiger partial charge in [-0.1, -0.05) is 6.07 Å². The van der Waals surface area contributed by atoms with Crippen LogP contribution in [0.25, 0.3) is 5.82 Å². The Hall–Kier alpha value is -3.10. The Kier molecular flexibility index (Phi) is 4.57. The number of ether oxygens (including phenoxy) is 2. The lowest BCUT2D eigenvalue weighted by Gasteiger charge is -2.33. The quantitative estimate of drug-likeness (QED) is 0.631. The molecule has 1 aromatic carbocycles. The summed E-state index contributed by atoms with van der Waals surface area (Å²) in [5.74, 6) is 0.463. The van der Waals surface area contributed by atoms with E-state index in [1.807, 2.05) is 31.5 Å². The van der Waals surface area contributed by atoms with E-state index >= 15 is 0 Å². The number of carbonyl (C=O) groups excluding carboxylic acids is 1. The third-order valence-electron chi connectivity index (χ3n) is 5.53. The first-order chi connectivity index (χ1) is 14.2. The monoisotopic (exact) mass is 391 g/mol. The van der Waals surface area contributed by atoms with Crippen molar-refractivity contribution in [1.29, 1.82) is 0 Å². The number of cyclic esters (lactones) is 1. The van der Waals surface area contributed by atoms with Crippen molar-refractivity contribution in [3.8, 4) is 5.82 Å². The summed E-state index contributed by atoms with van der Waals surface area (Å²) in [5, 5.41) is 4.40. The van der Waals surface area contributed by atoms with Gasteiger partial charge in [0.25, 0.3) is 0 Å². The van der Waals surface area contributed by atoms with Gasteiger partial charge in [0.15, 0.2) is 5.82 Å². The number of aromatic nitrogens is 4. The molecule has 8 heteroatoms. The summed E-state index contributed by atoms with van der Waals surface area (Å²) in [5.41, 5.74) is 4.99. The van der Waals surface area contributed by atoms with Crippen molar-refractivity contribution >= 4 is 5.97 Å². The first-order valence-corrected chi connectivity index (χ1v) is 9.62.